The molecule has 0 spiro atoms. The van der Waals surface area contributed by atoms with E-state index in [9.17, 15) is 27.2 Å². The number of unbranched alkanes of at least 4 members (excludes halogenated alkanes) is 15. The maximum absolute atomic E-state index is 11.2. The molecule has 0 saturated carbocycles. The molecule has 1 aromatic rings. The number of para-hydroxylation sites is 1. The lowest BCUT2D eigenvalue weighted by Crippen LogP contribution is -2.24. The first-order valence-corrected chi connectivity index (χ1v) is 16.7. The highest BCUT2D eigenvalue weighted by Gasteiger charge is 2.26. The van der Waals surface area contributed by atoms with Gasteiger partial charge in [0.1, 0.15) is 11.5 Å². The molecule has 0 aromatic heterocycles. The Morgan fingerprint density at radius 2 is 1.15 bits per heavy atom. The van der Waals surface area contributed by atoms with Crippen LogP contribution in [0.15, 0.2) is 29.2 Å². The fourth-order valence-electron chi connectivity index (χ4n) is 4.42. The molecule has 3 nitrogen and oxygen atoms in total. The van der Waals surface area contributed by atoms with Crippen molar-refractivity contribution in [1.29, 1.82) is 0 Å². The lowest BCUT2D eigenvalue weighted by molar-refractivity contribution is -0.144. The Morgan fingerprint density at radius 1 is 0.744 bits per heavy atom. The zero-order chi connectivity index (χ0) is 29.4. The number of hydrogen-bond donors (Lipinski definition) is 1. The summed E-state index contributed by atoms with van der Waals surface area (Å²) in [5, 5.41) is 9.21. The zero-order valence-electron chi connectivity index (χ0n) is 24.6. The first kappa shape index (κ1) is 37.6. The van der Waals surface area contributed by atoms with Crippen LogP contribution in [0, 0.1) is 0 Å². The van der Waals surface area contributed by atoms with E-state index in [1.165, 1.54) is 113 Å². The highest BCUT2D eigenvalue weighted by molar-refractivity contribution is 7.97. The quantitative estimate of drug-likeness (QED) is 0.0606. The van der Waals surface area contributed by atoms with Crippen LogP contribution < -0.4 is 4.74 Å². The number of rotatable bonds is 23. The summed E-state index contributed by atoms with van der Waals surface area (Å²) in [4.78, 5) is 12.4. The first-order valence-electron chi connectivity index (χ1n) is 15.1. The fourth-order valence-corrected chi connectivity index (χ4v) is 6.78. The van der Waals surface area contributed by atoms with Crippen molar-refractivity contribution in [2.75, 3.05) is 11.5 Å². The number of aliphatic carboxylic acids is 1. The van der Waals surface area contributed by atoms with Crippen LogP contribution in [0.2, 0.25) is 0 Å². The van der Waals surface area contributed by atoms with Gasteiger partial charge in [0.25, 0.3) is 0 Å². The normalized spacial score (nSPS) is 12.9. The van der Waals surface area contributed by atoms with Gasteiger partial charge in [0.15, 0.2) is 16.7 Å². The standard InChI is InChI=1S/C30H52O3S.BF4/c1-4-6-7-8-9-10-11-12-13-14-15-16-17-18-19-22-26-34(25-5-2)29-24-21-20-23-28(29)33-27(3)30(31)32;2-1(3,4)5/h20-21,23-24,27H,4-19,22,25-26H2,1-3H3;/q;-1/p+1. The van der Waals surface area contributed by atoms with Gasteiger partial charge in [0, 0.05) is 10.9 Å². The molecule has 1 N–H and O–H groups in total. The molecular weight excluding hydrogens is 527 g/mol. The van der Waals surface area contributed by atoms with Gasteiger partial charge in [0.05, 0.1) is 0 Å². The Labute approximate surface area is 238 Å². The molecule has 0 radical (unpaired) electrons. The zero-order valence-corrected chi connectivity index (χ0v) is 25.4. The molecule has 1 aromatic carbocycles. The largest absolute Gasteiger partial charge is 0.673 e. The van der Waals surface area contributed by atoms with Crippen molar-refractivity contribution in [3.63, 3.8) is 0 Å². The maximum atomic E-state index is 11.2. The molecular formula is C30H53BF4O3S. The Hall–Kier alpha value is -1.38. The van der Waals surface area contributed by atoms with E-state index in [4.69, 9.17) is 4.74 Å². The van der Waals surface area contributed by atoms with Gasteiger partial charge in [-0.2, -0.15) is 0 Å². The number of halogens is 4. The van der Waals surface area contributed by atoms with Gasteiger partial charge in [0.2, 0.25) is 0 Å². The molecule has 0 aliphatic rings. The SMILES string of the molecule is CCCCCCCCCCCCCCCCCC[S+](CCC)c1ccccc1OC(C)C(=O)O.F[B-](F)(F)F. The molecule has 2 atom stereocenters. The van der Waals surface area contributed by atoms with Crippen LogP contribution in [0.5, 0.6) is 5.75 Å². The predicted octanol–water partition coefficient (Wildman–Crippen LogP) is 10.5. The Balaban J connectivity index is 0.00000263. The number of carboxylic acid groups (broad SMARTS) is 1. The Morgan fingerprint density at radius 3 is 1.56 bits per heavy atom. The summed E-state index contributed by atoms with van der Waals surface area (Å²) in [5.74, 6) is 2.18. The third kappa shape index (κ3) is 24.2. The molecule has 0 heterocycles. The van der Waals surface area contributed by atoms with Crippen molar-refractivity contribution >= 4 is 24.1 Å². The van der Waals surface area contributed by atoms with Crippen LogP contribution in [0.3, 0.4) is 0 Å². The Kier molecular flexibility index (Phi) is 23.6. The van der Waals surface area contributed by atoms with Gasteiger partial charge in [-0.05, 0) is 38.3 Å². The predicted molar refractivity (Wildman–Crippen MR) is 160 cm³/mol. The third-order valence-corrected chi connectivity index (χ3v) is 9.15. The molecule has 0 aliphatic carbocycles. The molecule has 0 aliphatic heterocycles. The fraction of sp³-hybridized carbons (Fsp3) is 0.767. The number of carboxylic acids is 1. The van der Waals surface area contributed by atoms with Crippen molar-refractivity contribution in [2.45, 2.75) is 141 Å². The van der Waals surface area contributed by atoms with Crippen molar-refractivity contribution in [3.8, 4) is 5.75 Å². The summed E-state index contributed by atoms with van der Waals surface area (Å²) in [6.07, 6.45) is 22.6. The summed E-state index contributed by atoms with van der Waals surface area (Å²) in [6.45, 7) is 6.12. The van der Waals surface area contributed by atoms with Crippen LogP contribution >= 0.6 is 0 Å². The molecule has 9 heteroatoms. The van der Waals surface area contributed by atoms with Gasteiger partial charge in [-0.15, -0.1) is 0 Å². The second-order valence-electron chi connectivity index (χ2n) is 10.2. The lowest BCUT2D eigenvalue weighted by atomic mass is 10.0. The van der Waals surface area contributed by atoms with Crippen molar-refractivity contribution in [3.05, 3.63) is 24.3 Å². The monoisotopic (exact) mass is 580 g/mol. The van der Waals surface area contributed by atoms with Crippen LogP contribution in [-0.2, 0) is 15.7 Å². The topological polar surface area (TPSA) is 46.5 Å². The number of ether oxygens (including phenoxy) is 1. The molecule has 0 saturated heterocycles. The second kappa shape index (κ2) is 24.4. The van der Waals surface area contributed by atoms with Crippen LogP contribution in [-0.4, -0.2) is 35.9 Å². The molecule has 228 valence electrons. The minimum Gasteiger partial charge on any atom is -0.479 e. The molecule has 1 rings (SSSR count). The summed E-state index contributed by atoms with van der Waals surface area (Å²) < 4.78 is 44.8. The summed E-state index contributed by atoms with van der Waals surface area (Å²) in [5.41, 5.74) is 0. The van der Waals surface area contributed by atoms with E-state index in [0.717, 1.165) is 17.9 Å². The molecule has 0 amide bonds. The van der Waals surface area contributed by atoms with Crippen molar-refractivity contribution < 1.29 is 31.9 Å². The average Bonchev–Trinajstić information content (AvgIpc) is 2.87. The van der Waals surface area contributed by atoms with E-state index < -0.39 is 19.3 Å². The molecule has 2 unspecified atom stereocenters. The van der Waals surface area contributed by atoms with Gasteiger partial charge >= 0.3 is 13.2 Å². The van der Waals surface area contributed by atoms with E-state index >= 15 is 0 Å². The molecule has 0 fully saturated rings. The maximum Gasteiger partial charge on any atom is 0.673 e. The average molecular weight is 581 g/mol. The van der Waals surface area contributed by atoms with E-state index in [-0.39, 0.29) is 10.9 Å². The summed E-state index contributed by atoms with van der Waals surface area (Å²) in [7, 11) is -5.86. The smallest absolute Gasteiger partial charge is 0.479 e. The third-order valence-electron chi connectivity index (χ3n) is 6.51. The van der Waals surface area contributed by atoms with Gasteiger partial charge in [-0.1, -0.05) is 116 Å². The molecule has 39 heavy (non-hydrogen) atoms. The van der Waals surface area contributed by atoms with Crippen molar-refractivity contribution in [2.24, 2.45) is 0 Å². The summed E-state index contributed by atoms with van der Waals surface area (Å²) >= 11 is 0. The van der Waals surface area contributed by atoms with Gasteiger partial charge < -0.3 is 27.1 Å². The number of benzene rings is 1. The first-order chi connectivity index (χ1) is 18.6. The molecule has 0 bridgehead atoms. The summed E-state index contributed by atoms with van der Waals surface area (Å²) in [6, 6.07) is 8.06. The van der Waals surface area contributed by atoms with E-state index in [1.807, 2.05) is 12.1 Å². The van der Waals surface area contributed by atoms with Crippen molar-refractivity contribution in [1.82, 2.24) is 0 Å². The van der Waals surface area contributed by atoms with E-state index in [2.05, 4.69) is 26.0 Å². The number of carbonyl (C=O) groups is 1. The van der Waals surface area contributed by atoms with Crippen LogP contribution in [0.4, 0.5) is 17.3 Å². The van der Waals surface area contributed by atoms with Crippen LogP contribution in [0.1, 0.15) is 130 Å². The van der Waals surface area contributed by atoms with Crippen LogP contribution in [0.25, 0.3) is 0 Å². The van der Waals surface area contributed by atoms with E-state index in [1.54, 1.807) is 6.92 Å². The lowest BCUT2D eigenvalue weighted by Gasteiger charge is -2.15. The highest BCUT2D eigenvalue weighted by Crippen LogP contribution is 2.28. The van der Waals surface area contributed by atoms with E-state index in [0.29, 0.717) is 0 Å². The minimum absolute atomic E-state index is 0.136. The Bertz CT molecular complexity index is 716. The highest BCUT2D eigenvalue weighted by atomic mass is 32.2. The van der Waals surface area contributed by atoms with Gasteiger partial charge in [-0.3, -0.25) is 0 Å². The number of hydrogen-bond acceptors (Lipinski definition) is 2. The minimum atomic E-state index is -6.00. The second-order valence-corrected chi connectivity index (χ2v) is 12.5. The van der Waals surface area contributed by atoms with Gasteiger partial charge in [-0.25, -0.2) is 4.79 Å².